The first-order valence-corrected chi connectivity index (χ1v) is 5.40. The molecule has 0 bridgehead atoms. The van der Waals surface area contributed by atoms with Crippen molar-refractivity contribution in [2.24, 2.45) is 0 Å². The first-order chi connectivity index (χ1) is 6.24. The number of hydrogen-bond acceptors (Lipinski definition) is 2. The Balaban J connectivity index is 2.55. The minimum atomic E-state index is -0.481. The summed E-state index contributed by atoms with van der Waals surface area (Å²) in [5.41, 5.74) is 0.780. The summed E-state index contributed by atoms with van der Waals surface area (Å²) < 4.78 is 12.5. The molecule has 0 heterocycles. The molecule has 0 aliphatic rings. The summed E-state index contributed by atoms with van der Waals surface area (Å²) in [5, 5.41) is 9.60. The molecule has 0 saturated carbocycles. The second-order valence-electron chi connectivity index (χ2n) is 2.73. The van der Waals surface area contributed by atoms with Crippen molar-refractivity contribution in [3.8, 4) is 0 Å². The SMILES string of the molecule is CCSCC(O)c1ccc(F)cc1. The number of rotatable bonds is 4. The average Bonchev–Trinajstić information content (AvgIpc) is 2.15. The van der Waals surface area contributed by atoms with E-state index in [0.29, 0.717) is 5.75 Å². The fourth-order valence-electron chi connectivity index (χ4n) is 1.01. The van der Waals surface area contributed by atoms with E-state index < -0.39 is 6.10 Å². The minimum absolute atomic E-state index is 0.265. The maximum atomic E-state index is 12.5. The molecule has 0 fully saturated rings. The van der Waals surface area contributed by atoms with Crippen LogP contribution >= 0.6 is 11.8 Å². The number of hydrogen-bond donors (Lipinski definition) is 1. The molecular weight excluding hydrogens is 187 g/mol. The minimum Gasteiger partial charge on any atom is -0.388 e. The summed E-state index contributed by atoms with van der Waals surface area (Å²) in [7, 11) is 0. The number of benzene rings is 1. The molecular formula is C10H13FOS. The zero-order chi connectivity index (χ0) is 9.68. The third-order valence-corrected chi connectivity index (χ3v) is 2.69. The monoisotopic (exact) mass is 200 g/mol. The van der Waals surface area contributed by atoms with Crippen LogP contribution in [0.1, 0.15) is 18.6 Å². The van der Waals surface area contributed by atoms with Gasteiger partial charge in [0.25, 0.3) is 0 Å². The molecule has 1 rings (SSSR count). The van der Waals surface area contributed by atoms with E-state index in [1.807, 2.05) is 6.92 Å². The molecule has 0 aliphatic heterocycles. The lowest BCUT2D eigenvalue weighted by Crippen LogP contribution is -2.00. The van der Waals surface area contributed by atoms with Crippen LogP contribution < -0.4 is 0 Å². The summed E-state index contributed by atoms with van der Waals surface area (Å²) >= 11 is 1.67. The van der Waals surface area contributed by atoms with E-state index in [1.54, 1.807) is 23.9 Å². The van der Waals surface area contributed by atoms with Crippen molar-refractivity contribution in [3.05, 3.63) is 35.6 Å². The van der Waals surface area contributed by atoms with Gasteiger partial charge in [-0.15, -0.1) is 0 Å². The van der Waals surface area contributed by atoms with Gasteiger partial charge in [0.05, 0.1) is 6.10 Å². The maximum Gasteiger partial charge on any atom is 0.123 e. The smallest absolute Gasteiger partial charge is 0.123 e. The van der Waals surface area contributed by atoms with Crippen molar-refractivity contribution in [1.29, 1.82) is 0 Å². The lowest BCUT2D eigenvalue weighted by atomic mass is 10.1. The summed E-state index contributed by atoms with van der Waals surface area (Å²) in [6.07, 6.45) is -0.481. The van der Waals surface area contributed by atoms with Crippen LogP contribution in [0.2, 0.25) is 0 Å². The second-order valence-corrected chi connectivity index (χ2v) is 4.05. The molecule has 0 aromatic heterocycles. The van der Waals surface area contributed by atoms with E-state index in [9.17, 15) is 9.50 Å². The first-order valence-electron chi connectivity index (χ1n) is 4.25. The fourth-order valence-corrected chi connectivity index (χ4v) is 1.66. The highest BCUT2D eigenvalue weighted by molar-refractivity contribution is 7.99. The lowest BCUT2D eigenvalue weighted by molar-refractivity contribution is 0.204. The van der Waals surface area contributed by atoms with Crippen molar-refractivity contribution >= 4 is 11.8 Å². The standard InChI is InChI=1S/C10H13FOS/c1-2-13-7-10(12)8-3-5-9(11)6-4-8/h3-6,10,12H,2,7H2,1H3. The van der Waals surface area contributed by atoms with E-state index in [-0.39, 0.29) is 5.82 Å². The van der Waals surface area contributed by atoms with Crippen LogP contribution in [0.3, 0.4) is 0 Å². The summed E-state index contributed by atoms with van der Waals surface area (Å²) in [6.45, 7) is 2.04. The summed E-state index contributed by atoms with van der Waals surface area (Å²) in [5.74, 6) is 1.39. The molecule has 3 heteroatoms. The predicted octanol–water partition coefficient (Wildman–Crippen LogP) is 2.61. The number of halogens is 1. The molecule has 1 unspecified atom stereocenters. The Morgan fingerprint density at radius 1 is 1.38 bits per heavy atom. The average molecular weight is 200 g/mol. The number of thioether (sulfide) groups is 1. The zero-order valence-corrected chi connectivity index (χ0v) is 8.35. The van der Waals surface area contributed by atoms with E-state index >= 15 is 0 Å². The van der Waals surface area contributed by atoms with Gasteiger partial charge in [0.1, 0.15) is 5.82 Å². The molecule has 0 saturated heterocycles. The van der Waals surface area contributed by atoms with Crippen LogP contribution in [-0.2, 0) is 0 Å². The Labute approximate surface area is 82.0 Å². The van der Waals surface area contributed by atoms with Gasteiger partial charge in [-0.1, -0.05) is 19.1 Å². The quantitative estimate of drug-likeness (QED) is 0.806. The van der Waals surface area contributed by atoms with Gasteiger partial charge in [0.2, 0.25) is 0 Å². The van der Waals surface area contributed by atoms with E-state index in [4.69, 9.17) is 0 Å². The van der Waals surface area contributed by atoms with Gasteiger partial charge in [-0.25, -0.2) is 4.39 Å². The highest BCUT2D eigenvalue weighted by atomic mass is 32.2. The number of aliphatic hydroxyl groups is 1. The number of aliphatic hydroxyl groups excluding tert-OH is 1. The molecule has 1 aromatic carbocycles. The molecule has 13 heavy (non-hydrogen) atoms. The topological polar surface area (TPSA) is 20.2 Å². The van der Waals surface area contributed by atoms with Crippen molar-refractivity contribution in [2.45, 2.75) is 13.0 Å². The highest BCUT2D eigenvalue weighted by Gasteiger charge is 2.06. The Kier molecular flexibility index (Phi) is 4.25. The van der Waals surface area contributed by atoms with E-state index in [2.05, 4.69) is 0 Å². The van der Waals surface area contributed by atoms with Crippen LogP contribution in [0.5, 0.6) is 0 Å². The fraction of sp³-hybridized carbons (Fsp3) is 0.400. The maximum absolute atomic E-state index is 12.5. The van der Waals surface area contributed by atoms with E-state index in [0.717, 1.165) is 11.3 Å². The Bertz CT molecular complexity index is 248. The first kappa shape index (κ1) is 10.5. The van der Waals surface area contributed by atoms with Gasteiger partial charge in [-0.05, 0) is 23.4 Å². The molecule has 1 nitrogen and oxygen atoms in total. The van der Waals surface area contributed by atoms with Crippen molar-refractivity contribution in [3.63, 3.8) is 0 Å². The van der Waals surface area contributed by atoms with Gasteiger partial charge in [0, 0.05) is 5.75 Å². The molecule has 0 radical (unpaired) electrons. The van der Waals surface area contributed by atoms with Crippen molar-refractivity contribution < 1.29 is 9.50 Å². The highest BCUT2D eigenvalue weighted by Crippen LogP contribution is 2.17. The van der Waals surface area contributed by atoms with Gasteiger partial charge in [0.15, 0.2) is 0 Å². The Hall–Kier alpha value is -0.540. The third kappa shape index (κ3) is 3.36. The normalized spacial score (nSPS) is 12.8. The van der Waals surface area contributed by atoms with Crippen LogP contribution in [0.25, 0.3) is 0 Å². The molecule has 72 valence electrons. The van der Waals surface area contributed by atoms with Crippen molar-refractivity contribution in [1.82, 2.24) is 0 Å². The van der Waals surface area contributed by atoms with Crippen LogP contribution in [0.4, 0.5) is 4.39 Å². The summed E-state index contributed by atoms with van der Waals surface area (Å²) in [4.78, 5) is 0. The Morgan fingerprint density at radius 2 is 2.00 bits per heavy atom. The van der Waals surface area contributed by atoms with Gasteiger partial charge in [-0.3, -0.25) is 0 Å². The van der Waals surface area contributed by atoms with Gasteiger partial charge in [-0.2, -0.15) is 11.8 Å². The largest absolute Gasteiger partial charge is 0.388 e. The molecule has 1 atom stereocenters. The second kappa shape index (κ2) is 5.25. The molecule has 1 N–H and O–H groups in total. The molecule has 1 aromatic rings. The lowest BCUT2D eigenvalue weighted by Gasteiger charge is -2.09. The zero-order valence-electron chi connectivity index (χ0n) is 7.53. The van der Waals surface area contributed by atoms with Crippen LogP contribution in [-0.4, -0.2) is 16.6 Å². The molecule has 0 aliphatic carbocycles. The third-order valence-electron chi connectivity index (χ3n) is 1.73. The predicted molar refractivity (Wildman–Crippen MR) is 54.4 cm³/mol. The van der Waals surface area contributed by atoms with E-state index in [1.165, 1.54) is 12.1 Å². The molecule has 0 spiro atoms. The Morgan fingerprint density at radius 3 is 2.54 bits per heavy atom. The van der Waals surface area contributed by atoms with Crippen LogP contribution in [0.15, 0.2) is 24.3 Å². The van der Waals surface area contributed by atoms with Crippen LogP contribution in [0, 0.1) is 5.82 Å². The van der Waals surface area contributed by atoms with Gasteiger partial charge >= 0.3 is 0 Å². The summed E-state index contributed by atoms with van der Waals surface area (Å²) in [6, 6.07) is 5.98. The van der Waals surface area contributed by atoms with Gasteiger partial charge < -0.3 is 5.11 Å². The van der Waals surface area contributed by atoms with Crippen molar-refractivity contribution in [2.75, 3.05) is 11.5 Å². The molecule has 0 amide bonds.